The fourth-order valence-corrected chi connectivity index (χ4v) is 15.4. The average Bonchev–Trinajstić information content (AvgIpc) is 1.63. The number of carbonyl (C=O) groups is 2. The van der Waals surface area contributed by atoms with Gasteiger partial charge in [-0.25, -0.2) is 45.7 Å². The molecule has 3 saturated heterocycles. The Hall–Kier alpha value is -9.91. The second kappa shape index (κ2) is 37.6. The SMILES string of the molecule is C1CCOC1.CC1CCC(=S)NC1.CC1CCc2nnc(C3CC3)n2C1.CCn1c(-c2cnc(C)nc2)nc2c(OC3CCc4nnc(C5CC5)n4C3)ncnc21.CCn1c(-c2cnc(C)nc2)nc2c(OC3CCc4nnc(C5CC5)n4C3)ncnc21.NNC(=O)C1CC1.O=C1CCC(O)CN1.OC1CCc2nnc(C3CC3)n2C1. The molecule has 10 aromatic heterocycles. The van der Waals surface area contributed by atoms with Crippen molar-refractivity contribution < 1.29 is 34.0 Å². The number of nitrogens with two attached hydrogens (primary N) is 1. The minimum absolute atomic E-state index is 0.00275. The number of amides is 2. The van der Waals surface area contributed by atoms with Crippen LogP contribution >= 0.6 is 12.2 Å². The minimum atomic E-state index is -0.312. The summed E-state index contributed by atoms with van der Waals surface area (Å²) in [4.78, 5) is 66.5. The van der Waals surface area contributed by atoms with Gasteiger partial charge in [0.05, 0.1) is 48.0 Å². The lowest BCUT2D eigenvalue weighted by atomic mass is 10.0. The quantitative estimate of drug-likeness (QED) is 0.0276. The van der Waals surface area contributed by atoms with Crippen LogP contribution in [-0.2, 0) is 79.3 Å². The van der Waals surface area contributed by atoms with Gasteiger partial charge in [0.25, 0.3) is 0 Å². The molecular formula is C80H110N28O7S. The van der Waals surface area contributed by atoms with Gasteiger partial charge in [-0.05, 0) is 162 Å². The molecule has 6 atom stereocenters. The number of aliphatic hydroxyl groups excluding tert-OH is 2. The summed E-state index contributed by atoms with van der Waals surface area (Å²) in [5.74, 6) is 22.2. The zero-order chi connectivity index (χ0) is 80.3. The third-order valence-corrected chi connectivity index (χ3v) is 23.1. The maximum Gasteiger partial charge on any atom is 0.245 e. The van der Waals surface area contributed by atoms with Crippen LogP contribution in [0.2, 0.25) is 0 Å². The van der Waals surface area contributed by atoms with Gasteiger partial charge in [0.15, 0.2) is 22.3 Å². The van der Waals surface area contributed by atoms with Crippen molar-refractivity contribution in [2.24, 2.45) is 23.6 Å². The van der Waals surface area contributed by atoms with Crippen LogP contribution in [0.15, 0.2) is 37.4 Å². The Labute approximate surface area is 679 Å². The van der Waals surface area contributed by atoms with Gasteiger partial charge in [0, 0.05) is 132 Å². The first-order chi connectivity index (χ1) is 56.5. The number of aromatic nitrogens is 24. The molecule has 0 spiro atoms. The summed E-state index contributed by atoms with van der Waals surface area (Å²) in [6.07, 6.45) is 35.3. The van der Waals surface area contributed by atoms with Crippen molar-refractivity contribution in [1.82, 2.24) is 134 Å². The molecule has 0 radical (unpaired) electrons. The topological polar surface area (TPSA) is 426 Å². The summed E-state index contributed by atoms with van der Waals surface area (Å²) in [5.41, 5.74) is 6.61. The van der Waals surface area contributed by atoms with E-state index >= 15 is 0 Å². The molecule has 5 aliphatic carbocycles. The van der Waals surface area contributed by atoms with E-state index in [0.29, 0.717) is 79.6 Å². The van der Waals surface area contributed by atoms with Gasteiger partial charge in [-0.15, -0.1) is 40.8 Å². The summed E-state index contributed by atoms with van der Waals surface area (Å²) in [6, 6.07) is 0. The number of hydrogen-bond acceptors (Lipinski definition) is 27. The summed E-state index contributed by atoms with van der Waals surface area (Å²) < 4.78 is 30.8. The molecule has 0 aromatic carbocycles. The highest BCUT2D eigenvalue weighted by molar-refractivity contribution is 7.80. The number of aryl methyl sites for hydroxylation is 8. The van der Waals surface area contributed by atoms with Crippen molar-refractivity contribution in [1.29, 1.82) is 0 Å². The standard InChI is InChI=1S/2C21H23N9O.C10H15N3.C9H13N3O.C6H11NS.C5H9NO2.C4H8N2O.C4H8O/c2*1-3-29-18(14-8-22-12(2)23-9-14)26-17-20(29)24-11-25-21(17)31-15-6-7-16-27-28-19(13-4-5-13)30(16)10-15;1-7-2-5-9-11-12-10(8-3-4-8)13(9)6-7;13-7-3-4-8-10-11-9(6-1-2-6)12(8)5-7;1-5-2-3-6(8)7-4-5;7-4-1-2-5(8)6-3-4;5-6-4(7)3-1-2-3;1-2-4-5-3-1/h2*8-9,11,13,15H,3-7,10H2,1-2H3;7-8H,2-6H2,1H3;6-7,13H,1-5H2;5H,2-4H2,1H3,(H,7,8);4,7H,1-3H2,(H,6,8);3H,1-2,5H2,(H,6,7);1-4H2. The molecule has 35 nitrogen and oxygen atoms in total. The number of fused-ring (bicyclic) bond motifs is 6. The number of nitrogens with one attached hydrogen (secondary N) is 3. The van der Waals surface area contributed by atoms with Crippen molar-refractivity contribution >= 4 is 51.3 Å². The van der Waals surface area contributed by atoms with Crippen LogP contribution in [0.5, 0.6) is 11.8 Å². The van der Waals surface area contributed by atoms with E-state index in [4.69, 9.17) is 47.3 Å². The molecule has 36 heteroatoms. The lowest BCUT2D eigenvalue weighted by molar-refractivity contribution is -0.124. The summed E-state index contributed by atoms with van der Waals surface area (Å²) >= 11 is 4.95. The fourth-order valence-electron chi connectivity index (χ4n) is 15.2. The molecular weight excluding hydrogens is 1500 g/mol. The highest BCUT2D eigenvalue weighted by Gasteiger charge is 2.38. The van der Waals surface area contributed by atoms with Crippen molar-refractivity contribution in [2.75, 3.05) is 26.3 Å². The Kier molecular flexibility index (Phi) is 26.3. The maximum atomic E-state index is 10.4. The zero-order valence-electron chi connectivity index (χ0n) is 67.5. The van der Waals surface area contributed by atoms with Gasteiger partial charge in [-0.3, -0.25) is 15.0 Å². The number of β-amino-alcohol motifs (C(OH)–C–C–N with tert-alkyl or cyclic N) is 1. The number of hydrogen-bond donors (Lipinski definition) is 6. The van der Waals surface area contributed by atoms with Crippen LogP contribution in [0.25, 0.3) is 45.1 Å². The Morgan fingerprint density at radius 2 is 0.931 bits per heavy atom. The highest BCUT2D eigenvalue weighted by atomic mass is 32.1. The summed E-state index contributed by atoms with van der Waals surface area (Å²) in [6.45, 7) is 20.7. The number of imidazole rings is 2. The number of ether oxygens (including phenoxy) is 3. The van der Waals surface area contributed by atoms with Crippen molar-refractivity contribution in [2.45, 2.75) is 283 Å². The summed E-state index contributed by atoms with van der Waals surface area (Å²) in [5, 5.41) is 58.6. The number of nitrogens with zero attached hydrogens (tertiary/aromatic N) is 24. The number of carbonyl (C=O) groups excluding carboxylic acids is 2. The first-order valence-electron chi connectivity index (χ1n) is 42.0. The Balaban J connectivity index is 0.000000113. The molecule has 618 valence electrons. The molecule has 6 unspecified atom stereocenters. The van der Waals surface area contributed by atoms with Crippen LogP contribution in [0.1, 0.15) is 238 Å². The molecule has 7 N–H and O–H groups in total. The minimum Gasteiger partial charge on any atom is -0.471 e. The van der Waals surface area contributed by atoms with Crippen LogP contribution in [0, 0.1) is 31.6 Å². The molecule has 12 aliphatic rings. The zero-order valence-corrected chi connectivity index (χ0v) is 68.3. The third-order valence-electron chi connectivity index (χ3n) is 22.7. The number of thiocarbonyl (C=S) groups is 1. The summed E-state index contributed by atoms with van der Waals surface area (Å²) in [7, 11) is 0. The molecule has 8 fully saturated rings. The average molecular weight is 1610 g/mol. The third kappa shape index (κ3) is 20.5. The second-order valence-corrected chi connectivity index (χ2v) is 33.0. The van der Waals surface area contributed by atoms with Crippen LogP contribution in [0.4, 0.5) is 0 Å². The Morgan fingerprint density at radius 3 is 1.29 bits per heavy atom. The van der Waals surface area contributed by atoms with E-state index in [2.05, 4.69) is 143 Å². The highest BCUT2D eigenvalue weighted by Crippen LogP contribution is 2.44. The van der Waals surface area contributed by atoms with Crippen molar-refractivity contribution in [3.8, 4) is 34.5 Å². The van der Waals surface area contributed by atoms with Gasteiger partial charge >= 0.3 is 0 Å². The van der Waals surface area contributed by atoms with Crippen LogP contribution < -0.4 is 31.4 Å². The van der Waals surface area contributed by atoms with Gasteiger partial charge in [0.1, 0.15) is 94.8 Å². The first kappa shape index (κ1) is 81.2. The maximum absolute atomic E-state index is 10.4. The molecule has 0 bridgehead atoms. The number of aliphatic hydroxyl groups is 2. The monoisotopic (exact) mass is 1610 g/mol. The second-order valence-electron chi connectivity index (χ2n) is 32.5. The van der Waals surface area contributed by atoms with Gasteiger partial charge in [0.2, 0.25) is 23.6 Å². The van der Waals surface area contributed by atoms with Gasteiger partial charge in [-0.1, -0.05) is 26.1 Å². The molecule has 116 heavy (non-hydrogen) atoms. The predicted molar refractivity (Wildman–Crippen MR) is 431 cm³/mol. The van der Waals surface area contributed by atoms with Crippen LogP contribution in [0.3, 0.4) is 0 Å². The Morgan fingerprint density at radius 1 is 0.509 bits per heavy atom. The smallest absolute Gasteiger partial charge is 0.245 e. The molecule has 7 aliphatic heterocycles. The molecule has 10 aromatic rings. The molecule has 17 heterocycles. The van der Waals surface area contributed by atoms with E-state index in [0.717, 1.165) is 207 Å². The van der Waals surface area contributed by atoms with Gasteiger partial charge in [-0.2, -0.15) is 9.97 Å². The van der Waals surface area contributed by atoms with E-state index in [-0.39, 0.29) is 42.1 Å². The van der Waals surface area contributed by atoms with Crippen molar-refractivity contribution in [3.63, 3.8) is 0 Å². The number of piperidine rings is 2. The Bertz CT molecular complexity index is 4660. The van der Waals surface area contributed by atoms with E-state index in [1.807, 2.05) is 23.0 Å². The fraction of sp³-hybridized carbons (Fsp3) is 0.637. The van der Waals surface area contributed by atoms with Crippen molar-refractivity contribution in [3.05, 3.63) is 95.7 Å². The normalized spacial score (nSPS) is 22.2. The lowest BCUT2D eigenvalue weighted by Gasteiger charge is -2.24. The number of rotatable bonds is 13. The first-order valence-corrected chi connectivity index (χ1v) is 42.4. The lowest BCUT2D eigenvalue weighted by Crippen LogP contribution is -2.37. The van der Waals surface area contributed by atoms with E-state index in [9.17, 15) is 14.7 Å². The predicted octanol–water partition coefficient (Wildman–Crippen LogP) is 7.92. The number of hydrazine groups is 1. The largest absolute Gasteiger partial charge is 0.471 e. The van der Waals surface area contributed by atoms with Gasteiger partial charge < -0.3 is 62.5 Å². The molecule has 2 amide bonds. The van der Waals surface area contributed by atoms with E-state index < -0.39 is 0 Å². The molecule has 5 saturated carbocycles. The van der Waals surface area contributed by atoms with Crippen LogP contribution in [-0.4, -0.2) is 196 Å². The van der Waals surface area contributed by atoms with E-state index in [1.54, 1.807) is 37.4 Å². The molecule has 22 rings (SSSR count). The van der Waals surface area contributed by atoms with E-state index in [1.165, 1.54) is 88.7 Å².